The lowest BCUT2D eigenvalue weighted by Crippen LogP contribution is -2.51. The second-order valence-electron chi connectivity index (χ2n) is 4.88. The molecule has 1 saturated heterocycles. The van der Waals surface area contributed by atoms with Gasteiger partial charge in [-0.1, -0.05) is 0 Å². The van der Waals surface area contributed by atoms with Crippen LogP contribution in [0.3, 0.4) is 0 Å². The molecule has 0 aromatic carbocycles. The van der Waals surface area contributed by atoms with E-state index in [1.165, 1.54) is 21.0 Å². The van der Waals surface area contributed by atoms with E-state index in [-0.39, 0.29) is 30.0 Å². The maximum Gasteiger partial charge on any atom is 0.323 e. The van der Waals surface area contributed by atoms with E-state index in [0.717, 1.165) is 0 Å². The summed E-state index contributed by atoms with van der Waals surface area (Å²) >= 11 is 1.35. The van der Waals surface area contributed by atoms with Gasteiger partial charge < -0.3 is 10.0 Å². The van der Waals surface area contributed by atoms with Gasteiger partial charge in [-0.2, -0.15) is 11.8 Å². The van der Waals surface area contributed by atoms with E-state index in [1.807, 2.05) is 0 Å². The third kappa shape index (κ3) is 5.15. The molecule has 0 radical (unpaired) electrons. The molecule has 1 N–H and O–H groups in total. The molecule has 0 bridgehead atoms. The molecule has 1 aliphatic heterocycles. The average molecular weight is 338 g/mol. The first-order chi connectivity index (χ1) is 9.81. The molecule has 21 heavy (non-hydrogen) atoms. The van der Waals surface area contributed by atoms with Crippen LogP contribution in [0.25, 0.3) is 0 Å². The van der Waals surface area contributed by atoms with Gasteiger partial charge in [0.2, 0.25) is 15.9 Å². The summed E-state index contributed by atoms with van der Waals surface area (Å²) in [6.45, 7) is 1.94. The fourth-order valence-electron chi connectivity index (χ4n) is 2.39. The predicted octanol–water partition coefficient (Wildman–Crippen LogP) is 0.0767. The molecular weight excluding hydrogens is 316 g/mol. The van der Waals surface area contributed by atoms with Crippen molar-refractivity contribution in [3.8, 4) is 0 Å². The summed E-state index contributed by atoms with van der Waals surface area (Å²) in [4.78, 5) is 24.3. The molecule has 0 saturated carbocycles. The van der Waals surface area contributed by atoms with Crippen molar-refractivity contribution in [3.63, 3.8) is 0 Å². The Balaban J connectivity index is 2.71. The third-order valence-electron chi connectivity index (χ3n) is 3.52. The molecule has 0 spiro atoms. The number of carbonyl (C=O) groups is 2. The summed E-state index contributed by atoms with van der Waals surface area (Å²) in [5.41, 5.74) is 0. The van der Waals surface area contributed by atoms with E-state index in [4.69, 9.17) is 5.11 Å². The first kappa shape index (κ1) is 18.2. The number of hydrogen-bond donors (Lipinski definition) is 1. The number of amides is 1. The van der Waals surface area contributed by atoms with Crippen LogP contribution in [0.2, 0.25) is 0 Å². The number of piperidine rings is 1. The second-order valence-corrected chi connectivity index (χ2v) is 8.00. The number of rotatable bonds is 7. The maximum absolute atomic E-state index is 12.0. The first-order valence-corrected chi connectivity index (χ1v) is 9.80. The summed E-state index contributed by atoms with van der Waals surface area (Å²) in [5.74, 6) is -0.961. The quantitative estimate of drug-likeness (QED) is 0.706. The van der Waals surface area contributed by atoms with Crippen LogP contribution in [0.15, 0.2) is 0 Å². The number of sulfonamides is 1. The lowest BCUT2D eigenvalue weighted by molar-refractivity contribution is -0.145. The van der Waals surface area contributed by atoms with Gasteiger partial charge >= 0.3 is 5.97 Å². The molecule has 0 unspecified atom stereocenters. The summed E-state index contributed by atoms with van der Waals surface area (Å²) in [5, 5.41) is 8.94. The molecule has 9 heteroatoms. The minimum absolute atomic E-state index is 0.0575. The average Bonchev–Trinajstić information content (AvgIpc) is 2.45. The van der Waals surface area contributed by atoms with Gasteiger partial charge in [0, 0.05) is 19.1 Å². The van der Waals surface area contributed by atoms with Crippen LogP contribution in [-0.2, 0) is 19.6 Å². The Kier molecular flexibility index (Phi) is 6.95. The molecular formula is C12H22N2O5S2. The Morgan fingerprint density at radius 2 is 1.90 bits per heavy atom. The molecule has 1 fully saturated rings. The number of nitrogens with zero attached hydrogens (tertiary/aromatic N) is 2. The topological polar surface area (TPSA) is 95.0 Å². The fraction of sp³-hybridized carbons (Fsp3) is 0.833. The number of hydrogen-bond acceptors (Lipinski definition) is 5. The van der Waals surface area contributed by atoms with Crippen molar-refractivity contribution in [2.24, 2.45) is 0 Å². The number of thioether (sulfide) groups is 1. The largest absolute Gasteiger partial charge is 0.480 e. The highest BCUT2D eigenvalue weighted by Crippen LogP contribution is 2.20. The Hall–Kier alpha value is -0.800. The molecule has 1 rings (SSSR count). The molecule has 1 heterocycles. The Morgan fingerprint density at radius 3 is 2.33 bits per heavy atom. The number of carboxylic acids is 1. The van der Waals surface area contributed by atoms with Crippen molar-refractivity contribution >= 4 is 33.7 Å². The van der Waals surface area contributed by atoms with E-state index in [1.54, 1.807) is 13.2 Å². The second kappa shape index (κ2) is 8.00. The highest BCUT2D eigenvalue weighted by Gasteiger charge is 2.32. The normalized spacial score (nSPS) is 17.6. The van der Waals surface area contributed by atoms with E-state index < -0.39 is 16.0 Å². The highest BCUT2D eigenvalue weighted by molar-refractivity contribution is 7.99. The molecule has 122 valence electrons. The van der Waals surface area contributed by atoms with Crippen molar-refractivity contribution in [2.45, 2.75) is 25.8 Å². The Labute approximate surface area is 129 Å². The zero-order valence-corrected chi connectivity index (χ0v) is 14.0. The van der Waals surface area contributed by atoms with Crippen LogP contribution in [0.4, 0.5) is 0 Å². The molecule has 1 amide bonds. The van der Waals surface area contributed by atoms with E-state index in [0.29, 0.717) is 25.9 Å². The van der Waals surface area contributed by atoms with Gasteiger partial charge in [0.1, 0.15) is 6.54 Å². The van der Waals surface area contributed by atoms with Crippen LogP contribution in [0.1, 0.15) is 19.8 Å². The van der Waals surface area contributed by atoms with Gasteiger partial charge in [-0.25, -0.2) is 12.7 Å². The summed E-state index contributed by atoms with van der Waals surface area (Å²) in [7, 11) is -3.21. The van der Waals surface area contributed by atoms with E-state index >= 15 is 0 Å². The van der Waals surface area contributed by atoms with Crippen LogP contribution < -0.4 is 0 Å². The number of carbonyl (C=O) groups excluding carboxylic acids is 1. The van der Waals surface area contributed by atoms with Crippen LogP contribution in [-0.4, -0.2) is 78.0 Å². The van der Waals surface area contributed by atoms with Crippen molar-refractivity contribution in [1.82, 2.24) is 9.21 Å². The van der Waals surface area contributed by atoms with Gasteiger partial charge in [-0.05, 0) is 26.0 Å². The van der Waals surface area contributed by atoms with Crippen molar-refractivity contribution < 1.29 is 23.1 Å². The lowest BCUT2D eigenvalue weighted by atomic mass is 10.0. The zero-order chi connectivity index (χ0) is 16.0. The minimum Gasteiger partial charge on any atom is -0.480 e. The van der Waals surface area contributed by atoms with Crippen molar-refractivity contribution in [3.05, 3.63) is 0 Å². The van der Waals surface area contributed by atoms with E-state index in [9.17, 15) is 18.0 Å². The van der Waals surface area contributed by atoms with Gasteiger partial charge in [0.15, 0.2) is 0 Å². The smallest absolute Gasteiger partial charge is 0.323 e. The Morgan fingerprint density at radius 1 is 1.33 bits per heavy atom. The predicted molar refractivity (Wildman–Crippen MR) is 81.8 cm³/mol. The number of aliphatic carboxylic acids is 1. The van der Waals surface area contributed by atoms with Crippen LogP contribution >= 0.6 is 11.8 Å². The van der Waals surface area contributed by atoms with Crippen molar-refractivity contribution in [1.29, 1.82) is 0 Å². The molecule has 1 aliphatic rings. The maximum atomic E-state index is 12.0. The monoisotopic (exact) mass is 338 g/mol. The molecule has 0 aromatic rings. The van der Waals surface area contributed by atoms with Crippen LogP contribution in [0, 0.1) is 0 Å². The van der Waals surface area contributed by atoms with Gasteiger partial charge in [-0.15, -0.1) is 0 Å². The zero-order valence-electron chi connectivity index (χ0n) is 12.3. The van der Waals surface area contributed by atoms with Crippen molar-refractivity contribution in [2.75, 3.05) is 37.4 Å². The van der Waals surface area contributed by atoms with E-state index in [2.05, 4.69) is 0 Å². The van der Waals surface area contributed by atoms with Gasteiger partial charge in [-0.3, -0.25) is 9.59 Å². The molecule has 0 atom stereocenters. The number of carboxylic acid groups (broad SMARTS) is 1. The van der Waals surface area contributed by atoms with Gasteiger partial charge in [0.05, 0.1) is 11.5 Å². The Bertz CT molecular complexity index is 472. The summed E-state index contributed by atoms with van der Waals surface area (Å²) in [6, 6.07) is -0.205. The fourth-order valence-corrected chi connectivity index (χ4v) is 3.93. The third-order valence-corrected chi connectivity index (χ3v) is 5.93. The molecule has 7 nitrogen and oxygen atoms in total. The lowest BCUT2D eigenvalue weighted by Gasteiger charge is -2.37. The first-order valence-electron chi connectivity index (χ1n) is 6.79. The van der Waals surface area contributed by atoms with Crippen LogP contribution in [0.5, 0.6) is 0 Å². The van der Waals surface area contributed by atoms with Gasteiger partial charge in [0.25, 0.3) is 0 Å². The standard InChI is InChI=1S/C12H22N2O5S2/c1-3-21(18,19)13-6-4-10(5-7-13)14(8-12(16)17)11(15)9-20-2/h10H,3-9H2,1-2H3,(H,16,17). The molecule has 0 aromatic heterocycles. The molecule has 0 aliphatic carbocycles. The summed E-state index contributed by atoms with van der Waals surface area (Å²) < 4.78 is 25.0. The highest BCUT2D eigenvalue weighted by atomic mass is 32.2. The minimum atomic E-state index is -3.21. The summed E-state index contributed by atoms with van der Waals surface area (Å²) in [6.07, 6.45) is 2.74. The SMILES string of the molecule is CCS(=O)(=O)N1CCC(N(CC(=O)O)C(=O)CSC)CC1.